The Morgan fingerprint density at radius 1 is 1.32 bits per heavy atom. The highest BCUT2D eigenvalue weighted by atomic mass is 32.2. The molecule has 0 aliphatic rings. The molecule has 0 unspecified atom stereocenters. The predicted molar refractivity (Wildman–Crippen MR) is 86.9 cm³/mol. The summed E-state index contributed by atoms with van der Waals surface area (Å²) in [6.45, 7) is 1.01. The highest BCUT2D eigenvalue weighted by Crippen LogP contribution is 2.29. The quantitative estimate of drug-likeness (QED) is 0.738. The normalized spacial score (nSPS) is 10.8. The number of thiazole rings is 1. The van der Waals surface area contributed by atoms with Crippen LogP contribution < -0.4 is 10.1 Å². The van der Waals surface area contributed by atoms with E-state index < -0.39 is 0 Å². The highest BCUT2D eigenvalue weighted by Gasteiger charge is 2.04. The molecular formula is C14H20N2OS2. The number of methoxy groups -OCH3 is 1. The molecule has 0 spiro atoms. The SMILES string of the molecule is COc1ccc2nc(NCCCCCSC)sc2c1. The zero-order valence-corrected chi connectivity index (χ0v) is 13.1. The summed E-state index contributed by atoms with van der Waals surface area (Å²) in [7, 11) is 1.69. The Kier molecular flexibility index (Phi) is 5.79. The Labute approximate surface area is 122 Å². The van der Waals surface area contributed by atoms with Gasteiger partial charge in [-0.15, -0.1) is 0 Å². The summed E-state index contributed by atoms with van der Waals surface area (Å²) in [6, 6.07) is 6.00. The first kappa shape index (κ1) is 14.5. The largest absolute Gasteiger partial charge is 0.497 e. The number of hydrogen-bond acceptors (Lipinski definition) is 5. The molecule has 0 aliphatic carbocycles. The van der Waals surface area contributed by atoms with E-state index in [0.29, 0.717) is 0 Å². The number of thioether (sulfide) groups is 1. The number of nitrogens with one attached hydrogen (secondary N) is 1. The molecule has 5 heteroatoms. The second kappa shape index (κ2) is 7.60. The molecule has 0 fully saturated rings. The van der Waals surface area contributed by atoms with Crippen LogP contribution in [0, 0.1) is 0 Å². The Morgan fingerprint density at radius 3 is 3.00 bits per heavy atom. The number of benzene rings is 1. The molecular weight excluding hydrogens is 276 g/mol. The van der Waals surface area contributed by atoms with Crippen LogP contribution in [0.15, 0.2) is 18.2 Å². The summed E-state index contributed by atoms with van der Waals surface area (Å²) >= 11 is 3.61. The number of hydrogen-bond donors (Lipinski definition) is 1. The third-order valence-electron chi connectivity index (χ3n) is 2.90. The van der Waals surface area contributed by atoms with Crippen molar-refractivity contribution in [1.82, 2.24) is 4.98 Å². The van der Waals surface area contributed by atoms with Crippen molar-refractivity contribution in [3.8, 4) is 5.75 Å². The molecule has 1 N–H and O–H groups in total. The second-order valence-electron chi connectivity index (χ2n) is 4.33. The molecule has 0 saturated carbocycles. The zero-order chi connectivity index (χ0) is 13.5. The van der Waals surface area contributed by atoms with Gasteiger partial charge in [0.05, 0.1) is 17.3 Å². The molecule has 0 amide bonds. The lowest BCUT2D eigenvalue weighted by Crippen LogP contribution is -2.00. The first-order valence-corrected chi connectivity index (χ1v) is 8.72. The summed E-state index contributed by atoms with van der Waals surface area (Å²) < 4.78 is 6.39. The van der Waals surface area contributed by atoms with Gasteiger partial charge in [-0.05, 0) is 43.0 Å². The van der Waals surface area contributed by atoms with Gasteiger partial charge in [-0.25, -0.2) is 4.98 Å². The van der Waals surface area contributed by atoms with Crippen LogP contribution in [0.2, 0.25) is 0 Å². The summed E-state index contributed by atoms with van der Waals surface area (Å²) in [6.07, 6.45) is 5.96. The van der Waals surface area contributed by atoms with Gasteiger partial charge >= 0.3 is 0 Å². The smallest absolute Gasteiger partial charge is 0.183 e. The second-order valence-corrected chi connectivity index (χ2v) is 6.35. The van der Waals surface area contributed by atoms with E-state index in [9.17, 15) is 0 Å². The third-order valence-corrected chi connectivity index (χ3v) is 4.57. The fourth-order valence-corrected chi connectivity index (χ4v) is 3.26. The number of anilines is 1. The average Bonchev–Trinajstić information content (AvgIpc) is 2.84. The molecule has 0 saturated heterocycles. The van der Waals surface area contributed by atoms with Crippen molar-refractivity contribution in [2.75, 3.05) is 31.0 Å². The van der Waals surface area contributed by atoms with E-state index in [0.717, 1.165) is 22.9 Å². The van der Waals surface area contributed by atoms with Crippen LogP contribution in [0.5, 0.6) is 5.75 Å². The molecule has 0 bridgehead atoms. The van der Waals surface area contributed by atoms with Crippen LogP contribution in [0.25, 0.3) is 10.2 Å². The molecule has 2 aromatic rings. The van der Waals surface area contributed by atoms with Gasteiger partial charge in [0.2, 0.25) is 0 Å². The van der Waals surface area contributed by atoms with Gasteiger partial charge in [-0.2, -0.15) is 11.8 Å². The summed E-state index contributed by atoms with van der Waals surface area (Å²) in [4.78, 5) is 4.57. The van der Waals surface area contributed by atoms with Gasteiger partial charge in [-0.1, -0.05) is 17.8 Å². The van der Waals surface area contributed by atoms with Gasteiger partial charge in [0.1, 0.15) is 5.75 Å². The number of nitrogens with zero attached hydrogens (tertiary/aromatic N) is 1. The van der Waals surface area contributed by atoms with Crippen molar-refractivity contribution < 1.29 is 4.74 Å². The molecule has 2 rings (SSSR count). The van der Waals surface area contributed by atoms with E-state index in [1.807, 2.05) is 30.0 Å². The maximum Gasteiger partial charge on any atom is 0.183 e. The number of ether oxygens (including phenoxy) is 1. The van der Waals surface area contributed by atoms with Crippen molar-refractivity contribution >= 4 is 38.4 Å². The summed E-state index contributed by atoms with van der Waals surface area (Å²) in [5.41, 5.74) is 1.04. The van der Waals surface area contributed by atoms with Crippen molar-refractivity contribution in [2.24, 2.45) is 0 Å². The Balaban J connectivity index is 1.84. The van der Waals surface area contributed by atoms with E-state index >= 15 is 0 Å². The summed E-state index contributed by atoms with van der Waals surface area (Å²) in [5.74, 6) is 2.15. The first-order valence-electron chi connectivity index (χ1n) is 6.51. The van der Waals surface area contributed by atoms with Gasteiger partial charge in [0.25, 0.3) is 0 Å². The van der Waals surface area contributed by atoms with Crippen LogP contribution in [-0.2, 0) is 0 Å². The Bertz CT molecular complexity index is 513. The topological polar surface area (TPSA) is 34.1 Å². The van der Waals surface area contributed by atoms with E-state index in [2.05, 4.69) is 16.6 Å². The molecule has 19 heavy (non-hydrogen) atoms. The Morgan fingerprint density at radius 2 is 2.21 bits per heavy atom. The van der Waals surface area contributed by atoms with Gasteiger partial charge in [0.15, 0.2) is 5.13 Å². The highest BCUT2D eigenvalue weighted by molar-refractivity contribution is 7.98. The molecule has 1 heterocycles. The van der Waals surface area contributed by atoms with Crippen LogP contribution in [0.4, 0.5) is 5.13 Å². The van der Waals surface area contributed by atoms with Crippen molar-refractivity contribution in [2.45, 2.75) is 19.3 Å². The zero-order valence-electron chi connectivity index (χ0n) is 11.4. The van der Waals surface area contributed by atoms with Crippen molar-refractivity contribution in [3.05, 3.63) is 18.2 Å². The first-order chi connectivity index (χ1) is 9.33. The molecule has 104 valence electrons. The summed E-state index contributed by atoms with van der Waals surface area (Å²) in [5, 5.41) is 4.42. The third kappa shape index (κ3) is 4.28. The molecule has 3 nitrogen and oxygen atoms in total. The van der Waals surface area contributed by atoms with Crippen molar-refractivity contribution in [1.29, 1.82) is 0 Å². The van der Waals surface area contributed by atoms with Crippen LogP contribution in [-0.4, -0.2) is 30.6 Å². The fourth-order valence-electron chi connectivity index (χ4n) is 1.85. The van der Waals surface area contributed by atoms with Gasteiger partial charge in [0, 0.05) is 6.54 Å². The average molecular weight is 296 g/mol. The molecule has 0 radical (unpaired) electrons. The van der Waals surface area contributed by atoms with E-state index in [1.165, 1.54) is 29.7 Å². The molecule has 1 aromatic carbocycles. The van der Waals surface area contributed by atoms with Crippen LogP contribution in [0.1, 0.15) is 19.3 Å². The lowest BCUT2D eigenvalue weighted by atomic mass is 10.2. The predicted octanol–water partition coefficient (Wildman–Crippen LogP) is 4.25. The number of aromatic nitrogens is 1. The van der Waals surface area contributed by atoms with Gasteiger partial charge in [-0.3, -0.25) is 0 Å². The minimum atomic E-state index is 0.889. The van der Waals surface area contributed by atoms with E-state index in [-0.39, 0.29) is 0 Å². The number of rotatable bonds is 8. The molecule has 1 aromatic heterocycles. The van der Waals surface area contributed by atoms with Crippen LogP contribution in [0.3, 0.4) is 0 Å². The minimum absolute atomic E-state index is 0.889. The molecule has 0 aliphatic heterocycles. The number of fused-ring (bicyclic) bond motifs is 1. The maximum atomic E-state index is 5.22. The lowest BCUT2D eigenvalue weighted by Gasteiger charge is -2.01. The standard InChI is InChI=1S/C14H20N2OS2/c1-17-11-6-7-12-13(10-11)19-14(16-12)15-8-4-3-5-9-18-2/h6-7,10H,3-5,8-9H2,1-2H3,(H,15,16). The van der Waals surface area contributed by atoms with Crippen molar-refractivity contribution in [3.63, 3.8) is 0 Å². The van der Waals surface area contributed by atoms with E-state index in [4.69, 9.17) is 4.74 Å². The monoisotopic (exact) mass is 296 g/mol. The fraction of sp³-hybridized carbons (Fsp3) is 0.500. The Hall–Kier alpha value is -0.940. The lowest BCUT2D eigenvalue weighted by molar-refractivity contribution is 0.415. The maximum absolute atomic E-state index is 5.22. The molecule has 0 atom stereocenters. The minimum Gasteiger partial charge on any atom is -0.497 e. The van der Waals surface area contributed by atoms with E-state index in [1.54, 1.807) is 18.4 Å². The van der Waals surface area contributed by atoms with Gasteiger partial charge < -0.3 is 10.1 Å². The number of unbranched alkanes of at least 4 members (excludes halogenated alkanes) is 2. The van der Waals surface area contributed by atoms with Crippen LogP contribution >= 0.6 is 23.1 Å².